The number of nitrogens with one attached hydrogen (secondary N) is 1. The average Bonchev–Trinajstić information content (AvgIpc) is 2.52. The van der Waals surface area contributed by atoms with Gasteiger partial charge < -0.3 is 20.5 Å². The molecule has 130 valence electrons. The van der Waals surface area contributed by atoms with Crippen LogP contribution in [0.1, 0.15) is 19.8 Å². The van der Waals surface area contributed by atoms with Crippen LogP contribution in [-0.2, 0) is 14.6 Å². The third kappa shape index (κ3) is 6.07. The highest BCUT2D eigenvalue weighted by Crippen LogP contribution is 2.29. The van der Waals surface area contributed by atoms with Crippen LogP contribution in [0, 0.1) is 0 Å². The maximum Gasteiger partial charge on any atom is 0.221 e. The molecule has 1 aromatic rings. The fourth-order valence-electron chi connectivity index (χ4n) is 1.88. The molecule has 3 N–H and O–H groups in total. The highest BCUT2D eigenvalue weighted by Gasteiger charge is 2.18. The van der Waals surface area contributed by atoms with Gasteiger partial charge in [-0.3, -0.25) is 4.79 Å². The van der Waals surface area contributed by atoms with Crippen molar-refractivity contribution >= 4 is 15.7 Å². The molecule has 0 saturated heterocycles. The highest BCUT2D eigenvalue weighted by atomic mass is 32.2. The molecular formula is C15H24N2O5S. The number of nitrogens with two attached hydrogens (primary N) is 1. The summed E-state index contributed by atoms with van der Waals surface area (Å²) < 4.78 is 34.7. The van der Waals surface area contributed by atoms with Crippen molar-refractivity contribution < 1.29 is 22.7 Å². The van der Waals surface area contributed by atoms with Crippen molar-refractivity contribution in [1.29, 1.82) is 0 Å². The first-order valence-corrected chi connectivity index (χ1v) is 8.92. The number of carbonyl (C=O) groups is 1. The fraction of sp³-hybridized carbons (Fsp3) is 0.533. The second-order valence-corrected chi connectivity index (χ2v) is 7.31. The van der Waals surface area contributed by atoms with Gasteiger partial charge in [-0.05, 0) is 25.5 Å². The van der Waals surface area contributed by atoms with E-state index in [-0.39, 0.29) is 29.0 Å². The molecule has 0 saturated carbocycles. The van der Waals surface area contributed by atoms with Crippen molar-refractivity contribution in [2.75, 3.05) is 26.5 Å². The normalized spacial score (nSPS) is 12.5. The third-order valence-electron chi connectivity index (χ3n) is 3.23. The summed E-state index contributed by atoms with van der Waals surface area (Å²) in [4.78, 5) is 11.8. The van der Waals surface area contributed by atoms with Crippen LogP contribution in [-0.4, -0.2) is 46.9 Å². The molecular weight excluding hydrogens is 320 g/mol. The van der Waals surface area contributed by atoms with E-state index in [4.69, 9.17) is 15.2 Å². The zero-order valence-electron chi connectivity index (χ0n) is 13.7. The van der Waals surface area contributed by atoms with Gasteiger partial charge >= 0.3 is 0 Å². The molecule has 1 unspecified atom stereocenters. The van der Waals surface area contributed by atoms with Gasteiger partial charge in [0.05, 0.1) is 24.9 Å². The number of carbonyl (C=O) groups excluding carboxylic acids is 1. The Labute approximate surface area is 137 Å². The second kappa shape index (κ2) is 8.73. The molecule has 8 heteroatoms. The standard InChI is InChI=1S/C15H24N2O5S/c1-11(16)6-8-17-15(18)7-9-23(19,20)12-4-5-13(21-2)14(10-12)22-3/h4-5,10-11H,6-9,16H2,1-3H3,(H,17,18). The molecule has 1 amide bonds. The van der Waals surface area contributed by atoms with E-state index >= 15 is 0 Å². The van der Waals surface area contributed by atoms with Gasteiger partial charge in [-0.15, -0.1) is 0 Å². The van der Waals surface area contributed by atoms with E-state index in [2.05, 4.69) is 5.32 Å². The van der Waals surface area contributed by atoms with Gasteiger partial charge in [0, 0.05) is 25.1 Å². The number of methoxy groups -OCH3 is 2. The molecule has 0 aliphatic carbocycles. The lowest BCUT2D eigenvalue weighted by molar-refractivity contribution is -0.120. The minimum atomic E-state index is -3.58. The first-order valence-electron chi connectivity index (χ1n) is 7.27. The van der Waals surface area contributed by atoms with E-state index in [0.29, 0.717) is 24.5 Å². The molecule has 7 nitrogen and oxygen atoms in total. The number of benzene rings is 1. The van der Waals surface area contributed by atoms with Crippen molar-refractivity contribution in [2.45, 2.75) is 30.7 Å². The van der Waals surface area contributed by atoms with Crippen LogP contribution in [0.3, 0.4) is 0 Å². The number of amides is 1. The first-order chi connectivity index (χ1) is 10.8. The van der Waals surface area contributed by atoms with Crippen LogP contribution in [0.4, 0.5) is 0 Å². The number of hydrogen-bond donors (Lipinski definition) is 2. The summed E-state index contributed by atoms with van der Waals surface area (Å²) in [5, 5.41) is 2.65. The van der Waals surface area contributed by atoms with Gasteiger partial charge in [-0.1, -0.05) is 0 Å². The molecule has 1 rings (SSSR count). The summed E-state index contributed by atoms with van der Waals surface area (Å²) >= 11 is 0. The highest BCUT2D eigenvalue weighted by molar-refractivity contribution is 7.91. The van der Waals surface area contributed by atoms with Crippen LogP contribution in [0.25, 0.3) is 0 Å². The fourth-order valence-corrected chi connectivity index (χ4v) is 3.13. The number of hydrogen-bond acceptors (Lipinski definition) is 6. The minimum absolute atomic E-state index is 0.00852. The lowest BCUT2D eigenvalue weighted by Crippen LogP contribution is -2.30. The SMILES string of the molecule is COc1ccc(S(=O)(=O)CCC(=O)NCCC(C)N)cc1OC. The Morgan fingerprint density at radius 2 is 1.91 bits per heavy atom. The Balaban J connectivity index is 2.67. The molecule has 0 bridgehead atoms. The van der Waals surface area contributed by atoms with Gasteiger partial charge in [0.25, 0.3) is 0 Å². The second-order valence-electron chi connectivity index (χ2n) is 5.20. The van der Waals surface area contributed by atoms with Crippen molar-refractivity contribution in [1.82, 2.24) is 5.32 Å². The predicted octanol–water partition coefficient (Wildman–Crippen LogP) is 0.721. The van der Waals surface area contributed by atoms with Crippen molar-refractivity contribution in [3.05, 3.63) is 18.2 Å². The third-order valence-corrected chi connectivity index (χ3v) is 4.95. The van der Waals surface area contributed by atoms with Gasteiger partial charge in [-0.2, -0.15) is 0 Å². The van der Waals surface area contributed by atoms with Crippen LogP contribution in [0.2, 0.25) is 0 Å². The molecule has 0 fully saturated rings. The lowest BCUT2D eigenvalue weighted by Gasteiger charge is -2.10. The van der Waals surface area contributed by atoms with Gasteiger partial charge in [-0.25, -0.2) is 8.42 Å². The molecule has 1 atom stereocenters. The summed E-state index contributed by atoms with van der Waals surface area (Å²) in [6.07, 6.45) is 0.545. The number of sulfone groups is 1. The topological polar surface area (TPSA) is 108 Å². The van der Waals surface area contributed by atoms with E-state index in [1.54, 1.807) is 0 Å². The Hall–Kier alpha value is -1.80. The Bertz CT molecular complexity index is 629. The summed E-state index contributed by atoms with van der Waals surface area (Å²) in [6, 6.07) is 4.34. The Morgan fingerprint density at radius 3 is 2.48 bits per heavy atom. The molecule has 0 spiro atoms. The summed E-state index contributed by atoms with van der Waals surface area (Å²) in [6.45, 7) is 2.28. The van der Waals surface area contributed by atoms with Crippen LogP contribution < -0.4 is 20.5 Å². The molecule has 0 aromatic heterocycles. The largest absolute Gasteiger partial charge is 0.493 e. The van der Waals surface area contributed by atoms with Crippen molar-refractivity contribution in [3.8, 4) is 11.5 Å². The smallest absolute Gasteiger partial charge is 0.221 e. The van der Waals surface area contributed by atoms with E-state index in [9.17, 15) is 13.2 Å². The lowest BCUT2D eigenvalue weighted by atomic mass is 10.2. The van der Waals surface area contributed by atoms with E-state index in [1.165, 1.54) is 32.4 Å². The Kier molecular flexibility index (Phi) is 7.31. The zero-order valence-corrected chi connectivity index (χ0v) is 14.5. The minimum Gasteiger partial charge on any atom is -0.493 e. The van der Waals surface area contributed by atoms with Gasteiger partial charge in [0.15, 0.2) is 21.3 Å². The van der Waals surface area contributed by atoms with E-state index in [0.717, 1.165) is 0 Å². The maximum atomic E-state index is 12.3. The monoisotopic (exact) mass is 344 g/mol. The predicted molar refractivity (Wildman–Crippen MR) is 87.5 cm³/mol. The van der Waals surface area contributed by atoms with Gasteiger partial charge in [0.2, 0.25) is 5.91 Å². The van der Waals surface area contributed by atoms with Crippen molar-refractivity contribution in [2.24, 2.45) is 5.73 Å². The van der Waals surface area contributed by atoms with Crippen molar-refractivity contribution in [3.63, 3.8) is 0 Å². The molecule has 0 aliphatic rings. The zero-order chi connectivity index (χ0) is 17.5. The summed E-state index contributed by atoms with van der Waals surface area (Å²) in [5.41, 5.74) is 5.58. The summed E-state index contributed by atoms with van der Waals surface area (Å²) in [5.74, 6) is 0.191. The molecule has 0 heterocycles. The summed E-state index contributed by atoms with van der Waals surface area (Å²) in [7, 11) is -0.674. The number of ether oxygens (including phenoxy) is 2. The van der Waals surface area contributed by atoms with Crippen LogP contribution in [0.5, 0.6) is 11.5 Å². The van der Waals surface area contributed by atoms with Gasteiger partial charge in [0.1, 0.15) is 0 Å². The van der Waals surface area contributed by atoms with Crippen LogP contribution >= 0.6 is 0 Å². The van der Waals surface area contributed by atoms with E-state index in [1.807, 2.05) is 6.92 Å². The molecule has 0 aliphatic heterocycles. The maximum absolute atomic E-state index is 12.3. The molecule has 23 heavy (non-hydrogen) atoms. The first kappa shape index (κ1) is 19.2. The average molecular weight is 344 g/mol. The Morgan fingerprint density at radius 1 is 1.26 bits per heavy atom. The molecule has 0 radical (unpaired) electrons. The van der Waals surface area contributed by atoms with E-state index < -0.39 is 9.84 Å². The number of rotatable bonds is 9. The quantitative estimate of drug-likeness (QED) is 0.683. The molecule has 1 aromatic carbocycles. The van der Waals surface area contributed by atoms with Crippen LogP contribution in [0.15, 0.2) is 23.1 Å².